The molecule has 1 fully saturated rings. The second kappa shape index (κ2) is 15.5. The minimum Gasteiger partial charge on any atom is -0.374 e. The number of ether oxygens (including phenoxy) is 1. The van der Waals surface area contributed by atoms with Gasteiger partial charge in [-0.05, 0) is 52.0 Å². The lowest BCUT2D eigenvalue weighted by atomic mass is 10.0. The van der Waals surface area contributed by atoms with Gasteiger partial charge in [0.2, 0.25) is 5.91 Å². The van der Waals surface area contributed by atoms with Crippen LogP contribution in [0.1, 0.15) is 64.5 Å². The van der Waals surface area contributed by atoms with E-state index in [0.717, 1.165) is 38.3 Å². The van der Waals surface area contributed by atoms with Gasteiger partial charge in [-0.25, -0.2) is 0 Å². The van der Waals surface area contributed by atoms with Crippen molar-refractivity contribution in [1.82, 2.24) is 15.5 Å². The molecule has 2 N–H and O–H groups in total. The fraction of sp³-hybridized carbons (Fsp3) is 0.652. The highest BCUT2D eigenvalue weighted by Crippen LogP contribution is 2.17. The highest BCUT2D eigenvalue weighted by molar-refractivity contribution is 14.0. The molecule has 0 bridgehead atoms. The van der Waals surface area contributed by atoms with Crippen LogP contribution < -0.4 is 10.6 Å². The number of piperidine rings is 1. The number of guanidine groups is 1. The number of aliphatic imine (C=N–C) groups is 1. The minimum atomic E-state index is 0. The molecule has 6 nitrogen and oxygen atoms in total. The molecular weight excluding hydrogens is 491 g/mol. The normalized spacial score (nSPS) is 17.8. The fourth-order valence-corrected chi connectivity index (χ4v) is 3.58. The molecule has 1 saturated heterocycles. The van der Waals surface area contributed by atoms with Crippen LogP contribution >= 0.6 is 24.0 Å². The van der Waals surface area contributed by atoms with Gasteiger partial charge < -0.3 is 20.3 Å². The first-order valence-electron chi connectivity index (χ1n) is 11.1. The Morgan fingerprint density at radius 3 is 2.73 bits per heavy atom. The van der Waals surface area contributed by atoms with E-state index in [1.165, 1.54) is 12.0 Å². The van der Waals surface area contributed by atoms with Crippen LogP contribution in [-0.2, 0) is 9.53 Å². The maximum atomic E-state index is 12.4. The average molecular weight is 530 g/mol. The molecule has 0 aromatic heterocycles. The summed E-state index contributed by atoms with van der Waals surface area (Å²) >= 11 is 0. The van der Waals surface area contributed by atoms with E-state index >= 15 is 0 Å². The Morgan fingerprint density at radius 1 is 1.27 bits per heavy atom. The SMILES string of the molecule is CCNC(=NCCCOC(C)c1ccccc1)NCCC(=O)N1CCCCC1C.I. The van der Waals surface area contributed by atoms with Crippen LogP contribution in [0, 0.1) is 0 Å². The number of hydrogen-bond donors (Lipinski definition) is 2. The molecule has 170 valence electrons. The number of carbonyl (C=O) groups excluding carboxylic acids is 1. The largest absolute Gasteiger partial charge is 0.374 e. The predicted molar refractivity (Wildman–Crippen MR) is 134 cm³/mol. The van der Waals surface area contributed by atoms with Gasteiger partial charge in [0.05, 0.1) is 6.10 Å². The van der Waals surface area contributed by atoms with E-state index in [4.69, 9.17) is 4.74 Å². The number of likely N-dealkylation sites (tertiary alicyclic amines) is 1. The molecule has 0 spiro atoms. The van der Waals surface area contributed by atoms with Crippen molar-refractivity contribution in [3.63, 3.8) is 0 Å². The van der Waals surface area contributed by atoms with Gasteiger partial charge >= 0.3 is 0 Å². The number of amides is 1. The number of hydrogen-bond acceptors (Lipinski definition) is 3. The standard InChI is InChI=1S/C23H38N4O2.HI/c1-4-24-23(26-16-14-22(28)27-17-9-8-11-19(27)2)25-15-10-18-29-20(3)21-12-6-5-7-13-21;/h5-7,12-13,19-20H,4,8-11,14-18H2,1-3H3,(H2,24,25,26);1H. The lowest BCUT2D eigenvalue weighted by Crippen LogP contribution is -2.44. The summed E-state index contributed by atoms with van der Waals surface area (Å²) in [6.07, 6.45) is 4.93. The van der Waals surface area contributed by atoms with E-state index in [-0.39, 0.29) is 36.0 Å². The van der Waals surface area contributed by atoms with Crippen LogP contribution in [-0.4, -0.2) is 55.6 Å². The van der Waals surface area contributed by atoms with Crippen molar-refractivity contribution in [2.24, 2.45) is 4.99 Å². The Labute approximate surface area is 199 Å². The summed E-state index contributed by atoms with van der Waals surface area (Å²) in [5.74, 6) is 1.01. The number of nitrogens with zero attached hydrogens (tertiary/aromatic N) is 2. The van der Waals surface area contributed by atoms with Crippen molar-refractivity contribution in [2.75, 3.05) is 32.8 Å². The van der Waals surface area contributed by atoms with Gasteiger partial charge in [-0.3, -0.25) is 9.79 Å². The van der Waals surface area contributed by atoms with Gasteiger partial charge in [0.25, 0.3) is 0 Å². The summed E-state index contributed by atoms with van der Waals surface area (Å²) in [6.45, 7) is 9.93. The molecular formula is C23H39IN4O2. The highest BCUT2D eigenvalue weighted by atomic mass is 127. The van der Waals surface area contributed by atoms with E-state index < -0.39 is 0 Å². The van der Waals surface area contributed by atoms with Crippen molar-refractivity contribution in [3.8, 4) is 0 Å². The molecule has 1 aromatic rings. The second-order valence-electron chi connectivity index (χ2n) is 7.65. The molecule has 2 unspecified atom stereocenters. The first-order chi connectivity index (χ1) is 14.1. The topological polar surface area (TPSA) is 66.0 Å². The van der Waals surface area contributed by atoms with E-state index in [9.17, 15) is 4.79 Å². The van der Waals surface area contributed by atoms with E-state index in [1.807, 2.05) is 30.0 Å². The number of nitrogens with one attached hydrogen (secondary N) is 2. The molecule has 1 aliphatic heterocycles. The molecule has 1 aliphatic rings. The lowest BCUT2D eigenvalue weighted by Gasteiger charge is -2.33. The zero-order valence-electron chi connectivity index (χ0n) is 18.7. The molecule has 1 heterocycles. The van der Waals surface area contributed by atoms with Gasteiger partial charge in [0.1, 0.15) is 0 Å². The van der Waals surface area contributed by atoms with Crippen LogP contribution in [0.4, 0.5) is 0 Å². The van der Waals surface area contributed by atoms with Gasteiger partial charge in [0, 0.05) is 45.2 Å². The second-order valence-corrected chi connectivity index (χ2v) is 7.65. The first kappa shape index (κ1) is 26.7. The average Bonchev–Trinajstić information content (AvgIpc) is 2.74. The molecule has 2 atom stereocenters. The molecule has 7 heteroatoms. The monoisotopic (exact) mass is 530 g/mol. The molecule has 30 heavy (non-hydrogen) atoms. The molecule has 1 amide bonds. The maximum absolute atomic E-state index is 12.4. The molecule has 1 aromatic carbocycles. The van der Waals surface area contributed by atoms with Gasteiger partial charge in [-0.1, -0.05) is 30.3 Å². The number of carbonyl (C=O) groups is 1. The fourth-order valence-electron chi connectivity index (χ4n) is 3.58. The Kier molecular flexibility index (Phi) is 13.7. The summed E-state index contributed by atoms with van der Waals surface area (Å²) in [5.41, 5.74) is 1.19. The maximum Gasteiger partial charge on any atom is 0.224 e. The predicted octanol–water partition coefficient (Wildman–Crippen LogP) is 4.12. The number of rotatable bonds is 10. The molecule has 0 aliphatic carbocycles. The molecule has 0 saturated carbocycles. The zero-order valence-corrected chi connectivity index (χ0v) is 21.1. The lowest BCUT2D eigenvalue weighted by molar-refractivity contribution is -0.134. The highest BCUT2D eigenvalue weighted by Gasteiger charge is 2.22. The van der Waals surface area contributed by atoms with Gasteiger partial charge in [-0.2, -0.15) is 0 Å². The van der Waals surface area contributed by atoms with Gasteiger partial charge in [0.15, 0.2) is 5.96 Å². The number of halogens is 1. The quantitative estimate of drug-likeness (QED) is 0.207. The summed E-state index contributed by atoms with van der Waals surface area (Å²) in [7, 11) is 0. The summed E-state index contributed by atoms with van der Waals surface area (Å²) in [4.78, 5) is 19.1. The van der Waals surface area contributed by atoms with E-state index in [0.29, 0.717) is 32.2 Å². The van der Waals surface area contributed by atoms with Crippen molar-refractivity contribution in [1.29, 1.82) is 0 Å². The van der Waals surface area contributed by atoms with E-state index in [1.54, 1.807) is 0 Å². The third kappa shape index (κ3) is 9.64. The van der Waals surface area contributed by atoms with Crippen molar-refractivity contribution >= 4 is 35.8 Å². The Morgan fingerprint density at radius 2 is 2.03 bits per heavy atom. The first-order valence-corrected chi connectivity index (χ1v) is 11.1. The molecule has 0 radical (unpaired) electrons. The Balaban J connectivity index is 0.00000450. The van der Waals surface area contributed by atoms with Crippen LogP contribution in [0.5, 0.6) is 0 Å². The van der Waals surface area contributed by atoms with Gasteiger partial charge in [-0.15, -0.1) is 24.0 Å². The third-order valence-electron chi connectivity index (χ3n) is 5.31. The van der Waals surface area contributed by atoms with Crippen molar-refractivity contribution in [2.45, 2.75) is 65.0 Å². The summed E-state index contributed by atoms with van der Waals surface area (Å²) < 4.78 is 5.90. The van der Waals surface area contributed by atoms with E-state index in [2.05, 4.69) is 41.6 Å². The Bertz CT molecular complexity index is 627. The van der Waals surface area contributed by atoms with Crippen LogP contribution in [0.2, 0.25) is 0 Å². The van der Waals surface area contributed by atoms with Crippen LogP contribution in [0.3, 0.4) is 0 Å². The minimum absolute atomic E-state index is 0. The number of benzene rings is 1. The van der Waals surface area contributed by atoms with Crippen LogP contribution in [0.25, 0.3) is 0 Å². The third-order valence-corrected chi connectivity index (χ3v) is 5.31. The summed E-state index contributed by atoms with van der Waals surface area (Å²) in [5, 5.41) is 6.52. The van der Waals surface area contributed by atoms with Crippen molar-refractivity contribution in [3.05, 3.63) is 35.9 Å². The summed E-state index contributed by atoms with van der Waals surface area (Å²) in [6, 6.07) is 10.6. The van der Waals surface area contributed by atoms with Crippen LogP contribution in [0.15, 0.2) is 35.3 Å². The molecule has 2 rings (SSSR count). The zero-order chi connectivity index (χ0) is 20.9. The smallest absolute Gasteiger partial charge is 0.224 e. The Hall–Kier alpha value is -1.35. The van der Waals surface area contributed by atoms with Crippen molar-refractivity contribution < 1.29 is 9.53 Å².